The first-order chi connectivity index (χ1) is 15.0. The van der Waals surface area contributed by atoms with Crippen LogP contribution in [0.4, 0.5) is 11.4 Å². The summed E-state index contributed by atoms with van der Waals surface area (Å²) < 4.78 is 7.28. The first-order valence-corrected chi connectivity index (χ1v) is 9.40. The number of aliphatic hydroxyl groups is 1. The number of ether oxygens (including phenoxy) is 1. The molecule has 0 aliphatic heterocycles. The minimum atomic E-state index is -1.07. The smallest absolute Gasteiger partial charge is 0.337 e. The molecule has 2 heterocycles. The number of para-hydroxylation sites is 1. The molecule has 8 heteroatoms. The quantitative estimate of drug-likeness (QED) is 0.432. The van der Waals surface area contributed by atoms with E-state index in [-0.39, 0.29) is 17.7 Å². The second kappa shape index (κ2) is 8.18. The first kappa shape index (κ1) is 19.9. The van der Waals surface area contributed by atoms with Gasteiger partial charge in [-0.25, -0.2) is 9.31 Å². The van der Waals surface area contributed by atoms with Crippen molar-refractivity contribution in [3.63, 3.8) is 0 Å². The molecule has 8 nitrogen and oxygen atoms in total. The molecule has 0 bridgehead atoms. The molecule has 2 aromatic carbocycles. The van der Waals surface area contributed by atoms with Gasteiger partial charge in [0.25, 0.3) is 0 Å². The Kier molecular flexibility index (Phi) is 5.26. The molecule has 0 saturated heterocycles. The number of carboxylic acid groups (broad SMARTS) is 1. The Morgan fingerprint density at radius 1 is 1.26 bits per heavy atom. The van der Waals surface area contributed by atoms with Crippen molar-refractivity contribution in [2.24, 2.45) is 0 Å². The molecule has 0 aliphatic carbocycles. The summed E-state index contributed by atoms with van der Waals surface area (Å²) in [7, 11) is 0. The zero-order chi connectivity index (χ0) is 22.0. The average molecular weight is 414 g/mol. The molecule has 154 valence electrons. The van der Waals surface area contributed by atoms with E-state index in [1.54, 1.807) is 25.1 Å². The number of anilines is 2. The maximum atomic E-state index is 11.5. The molecular weight excluding hydrogens is 396 g/mol. The van der Waals surface area contributed by atoms with Crippen LogP contribution in [-0.2, 0) is 6.61 Å². The zero-order valence-corrected chi connectivity index (χ0v) is 16.5. The van der Waals surface area contributed by atoms with E-state index in [0.29, 0.717) is 39.5 Å². The van der Waals surface area contributed by atoms with Crippen LogP contribution >= 0.6 is 0 Å². The number of hydrogen-bond acceptors (Lipinski definition) is 6. The standard InChI is InChI=1S/C23H18N4O4/c1-14-19(23(29)30)12-27-22(14)21(16(10-24)11-25-27)26-17-7-8-20(15(9-17)13-28)31-18-5-3-2-4-6-18/h2-9,11-12,26,28H,13H2,1H3,(H,29,30). The van der Waals surface area contributed by atoms with Crippen LogP contribution in [0.2, 0.25) is 0 Å². The number of nitriles is 1. The van der Waals surface area contributed by atoms with Gasteiger partial charge in [-0.1, -0.05) is 18.2 Å². The van der Waals surface area contributed by atoms with Gasteiger partial charge in [0.2, 0.25) is 0 Å². The number of nitrogens with one attached hydrogen (secondary N) is 1. The van der Waals surface area contributed by atoms with Crippen LogP contribution in [0.15, 0.2) is 60.9 Å². The van der Waals surface area contributed by atoms with E-state index >= 15 is 0 Å². The van der Waals surface area contributed by atoms with Gasteiger partial charge in [0.1, 0.15) is 17.6 Å². The van der Waals surface area contributed by atoms with E-state index in [9.17, 15) is 20.3 Å². The number of aryl methyl sites for hydroxylation is 1. The summed E-state index contributed by atoms with van der Waals surface area (Å²) >= 11 is 0. The lowest BCUT2D eigenvalue weighted by molar-refractivity contribution is 0.0696. The molecule has 3 N–H and O–H groups in total. The van der Waals surface area contributed by atoms with E-state index in [4.69, 9.17) is 4.74 Å². The number of aromatic nitrogens is 2. The minimum Gasteiger partial charge on any atom is -0.478 e. The van der Waals surface area contributed by atoms with Gasteiger partial charge >= 0.3 is 5.97 Å². The topological polar surface area (TPSA) is 120 Å². The average Bonchev–Trinajstić information content (AvgIpc) is 3.13. The lowest BCUT2D eigenvalue weighted by Gasteiger charge is -2.14. The fourth-order valence-corrected chi connectivity index (χ4v) is 3.36. The molecule has 0 saturated carbocycles. The highest BCUT2D eigenvalue weighted by atomic mass is 16.5. The van der Waals surface area contributed by atoms with Crippen LogP contribution in [0.3, 0.4) is 0 Å². The molecule has 4 rings (SSSR count). The second-order valence-electron chi connectivity index (χ2n) is 6.83. The third kappa shape index (κ3) is 3.77. The monoisotopic (exact) mass is 414 g/mol. The van der Waals surface area contributed by atoms with Gasteiger partial charge in [-0.05, 0) is 42.8 Å². The van der Waals surface area contributed by atoms with Gasteiger partial charge in [0, 0.05) is 17.4 Å². The van der Waals surface area contributed by atoms with Crippen LogP contribution in [-0.4, -0.2) is 25.8 Å². The van der Waals surface area contributed by atoms with Gasteiger partial charge in [0.15, 0.2) is 0 Å². The number of rotatable bonds is 6. The molecular formula is C23H18N4O4. The van der Waals surface area contributed by atoms with Crippen molar-refractivity contribution in [3.05, 3.63) is 83.2 Å². The molecule has 0 spiro atoms. The van der Waals surface area contributed by atoms with Crippen LogP contribution < -0.4 is 10.1 Å². The van der Waals surface area contributed by atoms with Crippen molar-refractivity contribution in [1.29, 1.82) is 5.26 Å². The maximum Gasteiger partial charge on any atom is 0.337 e. The predicted octanol–water partition coefficient (Wildman–Crippen LogP) is 4.24. The largest absolute Gasteiger partial charge is 0.478 e. The number of carboxylic acids is 1. The van der Waals surface area contributed by atoms with E-state index in [2.05, 4.69) is 16.5 Å². The van der Waals surface area contributed by atoms with Crippen molar-refractivity contribution in [2.45, 2.75) is 13.5 Å². The van der Waals surface area contributed by atoms with E-state index in [1.807, 2.05) is 30.3 Å². The molecule has 31 heavy (non-hydrogen) atoms. The first-order valence-electron chi connectivity index (χ1n) is 9.40. The number of carbonyl (C=O) groups is 1. The van der Waals surface area contributed by atoms with Gasteiger partial charge in [-0.2, -0.15) is 10.4 Å². The van der Waals surface area contributed by atoms with E-state index in [1.165, 1.54) is 16.9 Å². The van der Waals surface area contributed by atoms with Crippen molar-refractivity contribution in [2.75, 3.05) is 5.32 Å². The Hall–Kier alpha value is -4.35. The molecule has 0 unspecified atom stereocenters. The number of nitrogens with zero attached hydrogens (tertiary/aromatic N) is 3. The summed E-state index contributed by atoms with van der Waals surface area (Å²) in [5.41, 5.74) is 2.94. The number of benzene rings is 2. The Bertz CT molecular complexity index is 1320. The highest BCUT2D eigenvalue weighted by Crippen LogP contribution is 2.33. The Labute approximate surface area is 177 Å². The van der Waals surface area contributed by atoms with Crippen LogP contribution in [0.1, 0.15) is 27.0 Å². The summed E-state index contributed by atoms with van der Waals surface area (Å²) in [6.07, 6.45) is 2.79. The molecule has 0 amide bonds. The Morgan fingerprint density at radius 2 is 2.03 bits per heavy atom. The number of aliphatic hydroxyl groups excluding tert-OH is 1. The fraction of sp³-hybridized carbons (Fsp3) is 0.0870. The summed E-state index contributed by atoms with van der Waals surface area (Å²) in [5.74, 6) is 0.0784. The van der Waals surface area contributed by atoms with E-state index < -0.39 is 5.97 Å². The molecule has 0 radical (unpaired) electrons. The second-order valence-corrected chi connectivity index (χ2v) is 6.83. The normalized spacial score (nSPS) is 10.6. The van der Waals surface area contributed by atoms with Crippen molar-refractivity contribution >= 4 is 22.9 Å². The highest BCUT2D eigenvalue weighted by Gasteiger charge is 2.19. The maximum absolute atomic E-state index is 11.5. The van der Waals surface area contributed by atoms with Gasteiger partial charge < -0.3 is 20.3 Å². The van der Waals surface area contributed by atoms with Gasteiger partial charge in [-0.3, -0.25) is 0 Å². The van der Waals surface area contributed by atoms with Crippen molar-refractivity contribution in [1.82, 2.24) is 9.61 Å². The lowest BCUT2D eigenvalue weighted by atomic mass is 10.1. The Balaban J connectivity index is 1.75. The van der Waals surface area contributed by atoms with E-state index in [0.717, 1.165) is 0 Å². The summed E-state index contributed by atoms with van der Waals surface area (Å²) in [5, 5.41) is 36.1. The number of hydrogen-bond donors (Lipinski definition) is 3. The zero-order valence-electron chi connectivity index (χ0n) is 16.5. The summed E-state index contributed by atoms with van der Waals surface area (Å²) in [6.45, 7) is 1.42. The SMILES string of the molecule is Cc1c(C(=O)O)cn2ncc(C#N)c(Nc3ccc(Oc4ccccc4)c(CO)c3)c12. The third-order valence-corrected chi connectivity index (χ3v) is 4.88. The summed E-state index contributed by atoms with van der Waals surface area (Å²) in [4.78, 5) is 11.5. The third-order valence-electron chi connectivity index (χ3n) is 4.88. The lowest BCUT2D eigenvalue weighted by Crippen LogP contribution is -2.02. The minimum absolute atomic E-state index is 0.105. The highest BCUT2D eigenvalue weighted by molar-refractivity contribution is 5.96. The van der Waals surface area contributed by atoms with Crippen molar-refractivity contribution in [3.8, 4) is 17.6 Å². The van der Waals surface area contributed by atoms with Gasteiger partial charge in [-0.15, -0.1) is 0 Å². The fourth-order valence-electron chi connectivity index (χ4n) is 3.36. The molecule has 4 aromatic rings. The van der Waals surface area contributed by atoms with Crippen LogP contribution in [0, 0.1) is 18.3 Å². The molecule has 0 aliphatic rings. The van der Waals surface area contributed by atoms with Gasteiger partial charge in [0.05, 0.1) is 35.1 Å². The molecule has 2 aromatic heterocycles. The Morgan fingerprint density at radius 3 is 2.71 bits per heavy atom. The summed E-state index contributed by atoms with van der Waals surface area (Å²) in [6, 6.07) is 16.5. The molecule has 0 atom stereocenters. The predicted molar refractivity (Wildman–Crippen MR) is 114 cm³/mol. The number of fused-ring (bicyclic) bond motifs is 1. The van der Waals surface area contributed by atoms with Crippen molar-refractivity contribution < 1.29 is 19.7 Å². The van der Waals surface area contributed by atoms with Crippen LogP contribution in [0.25, 0.3) is 5.52 Å². The number of aromatic carboxylic acids is 1. The molecule has 0 fully saturated rings. The van der Waals surface area contributed by atoms with Crippen LogP contribution in [0.5, 0.6) is 11.5 Å².